The second-order valence-corrected chi connectivity index (χ2v) is 7.87. The molecule has 0 spiro atoms. The average Bonchev–Trinajstić information content (AvgIpc) is 3.01. The van der Waals surface area contributed by atoms with Crippen molar-refractivity contribution in [2.24, 2.45) is 0 Å². The van der Waals surface area contributed by atoms with Crippen LogP contribution in [0.15, 0.2) is 6.07 Å². The Kier molecular flexibility index (Phi) is 5.26. The molecule has 26 heavy (non-hydrogen) atoms. The Morgan fingerprint density at radius 3 is 2.73 bits per heavy atom. The summed E-state index contributed by atoms with van der Waals surface area (Å²) in [6.45, 7) is 10.3. The van der Waals surface area contributed by atoms with Crippen molar-refractivity contribution in [1.82, 2.24) is 10.2 Å². The minimum atomic E-state index is -0.832. The molecule has 2 heterocycles. The number of carbonyl (C=O) groups excluding carboxylic acids is 2. The summed E-state index contributed by atoms with van der Waals surface area (Å²) in [6.07, 6.45) is 3.93. The number of fused-ring (bicyclic) bond motifs is 1. The molecule has 0 aromatic heterocycles. The van der Waals surface area contributed by atoms with Crippen LogP contribution in [0.3, 0.4) is 0 Å². The lowest BCUT2D eigenvalue weighted by Crippen LogP contribution is -2.51. The smallest absolute Gasteiger partial charge is 0.263 e. The Labute approximate surface area is 156 Å². The van der Waals surface area contributed by atoms with Crippen molar-refractivity contribution in [2.75, 3.05) is 19.6 Å². The van der Waals surface area contributed by atoms with Crippen molar-refractivity contribution < 1.29 is 14.3 Å². The molecule has 0 bridgehead atoms. The zero-order chi connectivity index (χ0) is 18.9. The van der Waals surface area contributed by atoms with Gasteiger partial charge in [0, 0.05) is 32.5 Å². The molecule has 5 heteroatoms. The van der Waals surface area contributed by atoms with Crippen LogP contribution in [0.4, 0.5) is 0 Å². The lowest BCUT2D eigenvalue weighted by Gasteiger charge is -2.36. The minimum absolute atomic E-state index is 0.0607. The summed E-state index contributed by atoms with van der Waals surface area (Å²) in [5, 5.41) is 3.01. The monoisotopic (exact) mass is 358 g/mol. The molecular formula is C21H30N2O3. The largest absolute Gasteiger partial charge is 0.477 e. The number of aryl methyl sites for hydroxylation is 2. The lowest BCUT2D eigenvalue weighted by atomic mass is 9.87. The predicted octanol–water partition coefficient (Wildman–Crippen LogP) is 2.82. The highest BCUT2D eigenvalue weighted by Crippen LogP contribution is 2.39. The number of likely N-dealkylation sites (tertiary alicyclic amines) is 1. The van der Waals surface area contributed by atoms with E-state index in [1.807, 2.05) is 11.8 Å². The van der Waals surface area contributed by atoms with E-state index in [1.54, 1.807) is 0 Å². The lowest BCUT2D eigenvalue weighted by molar-refractivity contribution is -0.136. The van der Waals surface area contributed by atoms with Crippen LogP contribution in [0.5, 0.6) is 5.75 Å². The van der Waals surface area contributed by atoms with Crippen LogP contribution in [0.2, 0.25) is 0 Å². The second-order valence-electron chi connectivity index (χ2n) is 7.87. The summed E-state index contributed by atoms with van der Waals surface area (Å²) in [7, 11) is 0. The standard InChI is InChI=1S/C21H30N2O3/c1-14-13-15(2)17-8-9-21(4,26-19(17)16(14)3)20(25)22-10-6-12-23-11-5-7-18(23)24/h13H,5-12H2,1-4H3,(H,22,25). The molecule has 3 rings (SSSR count). The molecule has 1 atom stereocenters. The van der Waals surface area contributed by atoms with Crippen LogP contribution in [-0.4, -0.2) is 41.9 Å². The first-order valence-electron chi connectivity index (χ1n) is 9.66. The van der Waals surface area contributed by atoms with Gasteiger partial charge in [-0.05, 0) is 69.2 Å². The summed E-state index contributed by atoms with van der Waals surface area (Å²) >= 11 is 0. The third-order valence-corrected chi connectivity index (χ3v) is 5.84. The summed E-state index contributed by atoms with van der Waals surface area (Å²) in [5.74, 6) is 1.06. The van der Waals surface area contributed by atoms with Crippen LogP contribution in [0.25, 0.3) is 0 Å². The van der Waals surface area contributed by atoms with E-state index in [0.29, 0.717) is 19.4 Å². The Morgan fingerprint density at radius 2 is 2.04 bits per heavy atom. The fourth-order valence-electron chi connectivity index (χ4n) is 3.95. The number of ether oxygens (including phenoxy) is 1. The molecule has 1 fully saturated rings. The van der Waals surface area contributed by atoms with Gasteiger partial charge in [-0.2, -0.15) is 0 Å². The maximum atomic E-state index is 12.8. The van der Waals surface area contributed by atoms with E-state index in [9.17, 15) is 9.59 Å². The van der Waals surface area contributed by atoms with E-state index in [0.717, 1.165) is 43.7 Å². The number of nitrogens with zero attached hydrogens (tertiary/aromatic N) is 1. The van der Waals surface area contributed by atoms with Gasteiger partial charge in [-0.25, -0.2) is 0 Å². The number of rotatable bonds is 5. The first kappa shape index (κ1) is 18.7. The van der Waals surface area contributed by atoms with Gasteiger partial charge in [-0.3, -0.25) is 9.59 Å². The fraction of sp³-hybridized carbons (Fsp3) is 0.619. The molecule has 142 valence electrons. The van der Waals surface area contributed by atoms with Crippen molar-refractivity contribution in [3.63, 3.8) is 0 Å². The van der Waals surface area contributed by atoms with E-state index in [2.05, 4.69) is 32.2 Å². The molecule has 0 saturated carbocycles. The molecule has 2 aliphatic heterocycles. The van der Waals surface area contributed by atoms with Gasteiger partial charge in [0.15, 0.2) is 5.60 Å². The quantitative estimate of drug-likeness (QED) is 0.824. The number of benzene rings is 1. The van der Waals surface area contributed by atoms with E-state index in [4.69, 9.17) is 4.74 Å². The molecule has 0 aliphatic carbocycles. The normalized spacial score (nSPS) is 22.2. The zero-order valence-electron chi connectivity index (χ0n) is 16.4. The molecule has 1 aromatic carbocycles. The van der Waals surface area contributed by atoms with Crippen LogP contribution < -0.4 is 10.1 Å². The van der Waals surface area contributed by atoms with Gasteiger partial charge in [0.25, 0.3) is 5.91 Å². The second kappa shape index (κ2) is 7.29. The maximum Gasteiger partial charge on any atom is 0.263 e. The summed E-state index contributed by atoms with van der Waals surface area (Å²) < 4.78 is 6.24. The molecule has 2 amide bonds. The predicted molar refractivity (Wildman–Crippen MR) is 101 cm³/mol. The maximum absolute atomic E-state index is 12.8. The Hall–Kier alpha value is -2.04. The third-order valence-electron chi connectivity index (χ3n) is 5.84. The highest BCUT2D eigenvalue weighted by Gasteiger charge is 2.40. The van der Waals surface area contributed by atoms with E-state index < -0.39 is 5.60 Å². The number of nitrogens with one attached hydrogen (secondary N) is 1. The van der Waals surface area contributed by atoms with Gasteiger partial charge in [-0.15, -0.1) is 0 Å². The van der Waals surface area contributed by atoms with Crippen LogP contribution in [0.1, 0.15) is 54.9 Å². The fourth-order valence-corrected chi connectivity index (χ4v) is 3.95. The van der Waals surface area contributed by atoms with Gasteiger partial charge >= 0.3 is 0 Å². The van der Waals surface area contributed by atoms with Crippen molar-refractivity contribution in [2.45, 2.75) is 65.4 Å². The van der Waals surface area contributed by atoms with Gasteiger partial charge in [0.1, 0.15) is 5.75 Å². The zero-order valence-corrected chi connectivity index (χ0v) is 16.4. The van der Waals surface area contributed by atoms with Crippen molar-refractivity contribution in [3.8, 4) is 5.75 Å². The third kappa shape index (κ3) is 3.57. The van der Waals surface area contributed by atoms with Crippen LogP contribution >= 0.6 is 0 Å². The number of carbonyl (C=O) groups is 2. The summed E-state index contributed by atoms with van der Waals surface area (Å²) in [6, 6.07) is 2.19. The molecule has 1 saturated heterocycles. The number of hydrogen-bond acceptors (Lipinski definition) is 3. The van der Waals surface area contributed by atoms with Crippen molar-refractivity contribution in [3.05, 3.63) is 28.3 Å². The Bertz CT molecular complexity index is 728. The highest BCUT2D eigenvalue weighted by molar-refractivity contribution is 5.85. The topological polar surface area (TPSA) is 58.6 Å². The van der Waals surface area contributed by atoms with Crippen molar-refractivity contribution in [1.29, 1.82) is 0 Å². The van der Waals surface area contributed by atoms with Gasteiger partial charge in [-0.1, -0.05) is 6.07 Å². The number of amides is 2. The molecule has 5 nitrogen and oxygen atoms in total. The first-order chi connectivity index (χ1) is 12.3. The molecule has 1 unspecified atom stereocenters. The molecule has 1 N–H and O–H groups in total. The molecule has 1 aromatic rings. The van der Waals surface area contributed by atoms with E-state index in [1.165, 1.54) is 16.7 Å². The molecule has 2 aliphatic rings. The van der Waals surface area contributed by atoms with Gasteiger partial charge in [0.05, 0.1) is 0 Å². The van der Waals surface area contributed by atoms with Gasteiger partial charge in [0.2, 0.25) is 5.91 Å². The van der Waals surface area contributed by atoms with Gasteiger partial charge < -0.3 is 15.0 Å². The molecular weight excluding hydrogens is 328 g/mol. The Morgan fingerprint density at radius 1 is 1.27 bits per heavy atom. The number of hydrogen-bond donors (Lipinski definition) is 1. The van der Waals surface area contributed by atoms with Crippen LogP contribution in [-0.2, 0) is 16.0 Å². The minimum Gasteiger partial charge on any atom is -0.477 e. The van der Waals surface area contributed by atoms with E-state index >= 15 is 0 Å². The first-order valence-corrected chi connectivity index (χ1v) is 9.66. The SMILES string of the molecule is Cc1cc(C)c2c(c1C)OC(C)(C(=O)NCCCN1CCCC1=O)CC2. The van der Waals surface area contributed by atoms with E-state index in [-0.39, 0.29) is 11.8 Å². The van der Waals surface area contributed by atoms with Crippen LogP contribution in [0, 0.1) is 20.8 Å². The average molecular weight is 358 g/mol. The summed E-state index contributed by atoms with van der Waals surface area (Å²) in [4.78, 5) is 26.3. The van der Waals surface area contributed by atoms with Crippen molar-refractivity contribution >= 4 is 11.8 Å². The highest BCUT2D eigenvalue weighted by atomic mass is 16.5. The summed E-state index contributed by atoms with van der Waals surface area (Å²) in [5.41, 5.74) is 3.95. The molecule has 0 radical (unpaired) electrons. The Balaban J connectivity index is 1.58.